The molecule has 4 N–H and O–H groups in total. The second kappa shape index (κ2) is 17.8. The Morgan fingerprint density at radius 3 is 1.15 bits per heavy atom. The van der Waals surface area contributed by atoms with Crippen LogP contribution in [-0.4, -0.2) is 44.6 Å². The Bertz CT molecular complexity index is 716. The van der Waals surface area contributed by atoms with E-state index in [1.807, 2.05) is 38.1 Å². The Hall–Kier alpha value is -2.70. The van der Waals surface area contributed by atoms with E-state index in [0.717, 1.165) is 38.5 Å². The van der Waals surface area contributed by atoms with Gasteiger partial charge < -0.3 is 20.4 Å². The second-order valence-corrected chi connectivity index (χ2v) is 7.86. The van der Waals surface area contributed by atoms with E-state index in [4.69, 9.17) is 20.4 Å². The van der Waals surface area contributed by atoms with E-state index in [2.05, 4.69) is 13.8 Å². The molecular formula is C27H40O6. The fourth-order valence-corrected chi connectivity index (χ4v) is 2.85. The molecule has 6 heteroatoms. The highest BCUT2D eigenvalue weighted by molar-refractivity contribution is 5.87. The smallest absolute Gasteiger partial charge is 0.335 e. The molecule has 2 atom stereocenters. The third kappa shape index (κ3) is 14.1. The second-order valence-electron chi connectivity index (χ2n) is 7.86. The van der Waals surface area contributed by atoms with Crippen LogP contribution in [0.5, 0.6) is 0 Å². The number of carbonyl (C=O) groups is 2. The SMILES string of the molecule is CCCc1ccc(C(=O)O)cc1.CCCc1ccc(C(=O)O)cc1.CC[C@H](O)C[C@@H](O)CC. The molecule has 0 aliphatic rings. The predicted molar refractivity (Wildman–Crippen MR) is 132 cm³/mol. The fourth-order valence-electron chi connectivity index (χ4n) is 2.85. The summed E-state index contributed by atoms with van der Waals surface area (Å²) < 4.78 is 0. The number of aliphatic hydroxyl groups excluding tert-OH is 2. The first-order chi connectivity index (χ1) is 15.7. The monoisotopic (exact) mass is 460 g/mol. The van der Waals surface area contributed by atoms with Crippen LogP contribution in [0.2, 0.25) is 0 Å². The average Bonchev–Trinajstić information content (AvgIpc) is 2.81. The van der Waals surface area contributed by atoms with Crippen LogP contribution in [-0.2, 0) is 12.8 Å². The first kappa shape index (κ1) is 30.3. The number of benzene rings is 2. The van der Waals surface area contributed by atoms with E-state index in [0.29, 0.717) is 17.5 Å². The van der Waals surface area contributed by atoms with Gasteiger partial charge in [0.2, 0.25) is 0 Å². The molecular weight excluding hydrogens is 420 g/mol. The fraction of sp³-hybridized carbons (Fsp3) is 0.481. The van der Waals surface area contributed by atoms with Crippen LogP contribution in [0.4, 0.5) is 0 Å². The van der Waals surface area contributed by atoms with E-state index < -0.39 is 11.9 Å². The minimum atomic E-state index is -0.863. The Kier molecular flexibility index (Phi) is 16.4. The maximum absolute atomic E-state index is 10.5. The first-order valence-corrected chi connectivity index (χ1v) is 11.7. The number of aryl methyl sites for hydroxylation is 2. The predicted octanol–water partition coefficient (Wildman–Crippen LogP) is 5.59. The van der Waals surface area contributed by atoms with Crippen molar-refractivity contribution >= 4 is 11.9 Å². The molecule has 0 saturated heterocycles. The highest BCUT2D eigenvalue weighted by Gasteiger charge is 2.06. The van der Waals surface area contributed by atoms with Crippen molar-refractivity contribution in [3.05, 3.63) is 70.8 Å². The zero-order valence-electron chi connectivity index (χ0n) is 20.3. The molecule has 0 heterocycles. The van der Waals surface area contributed by atoms with Crippen molar-refractivity contribution in [2.75, 3.05) is 0 Å². The highest BCUT2D eigenvalue weighted by atomic mass is 16.4. The molecule has 0 fully saturated rings. The minimum absolute atomic E-state index is 0.319. The molecule has 2 aromatic rings. The summed E-state index contributed by atoms with van der Waals surface area (Å²) in [4.78, 5) is 20.9. The molecule has 0 aliphatic carbocycles. The van der Waals surface area contributed by atoms with Gasteiger partial charge in [-0.05, 0) is 67.5 Å². The molecule has 184 valence electrons. The Labute approximate surface area is 197 Å². The first-order valence-electron chi connectivity index (χ1n) is 11.7. The van der Waals surface area contributed by atoms with Crippen molar-refractivity contribution in [3.63, 3.8) is 0 Å². The van der Waals surface area contributed by atoms with Gasteiger partial charge in [-0.15, -0.1) is 0 Å². The Morgan fingerprint density at radius 1 is 0.636 bits per heavy atom. The van der Waals surface area contributed by atoms with Crippen LogP contribution in [0, 0.1) is 0 Å². The maximum Gasteiger partial charge on any atom is 0.335 e. The van der Waals surface area contributed by atoms with Gasteiger partial charge in [-0.3, -0.25) is 0 Å². The quantitative estimate of drug-likeness (QED) is 0.367. The molecule has 6 nitrogen and oxygen atoms in total. The minimum Gasteiger partial charge on any atom is -0.478 e. The molecule has 0 aromatic heterocycles. The van der Waals surface area contributed by atoms with Crippen LogP contribution in [0.1, 0.15) is 91.6 Å². The normalized spacial score (nSPS) is 11.8. The van der Waals surface area contributed by atoms with Crippen molar-refractivity contribution in [1.82, 2.24) is 0 Å². The number of hydrogen-bond acceptors (Lipinski definition) is 4. The van der Waals surface area contributed by atoms with Crippen molar-refractivity contribution in [2.24, 2.45) is 0 Å². The Morgan fingerprint density at radius 2 is 0.939 bits per heavy atom. The van der Waals surface area contributed by atoms with E-state index in [-0.39, 0.29) is 12.2 Å². The van der Waals surface area contributed by atoms with Gasteiger partial charge in [0.25, 0.3) is 0 Å². The summed E-state index contributed by atoms with van der Waals surface area (Å²) in [5.41, 5.74) is 3.11. The number of hydrogen-bond donors (Lipinski definition) is 4. The van der Waals surface area contributed by atoms with E-state index in [9.17, 15) is 9.59 Å². The maximum atomic E-state index is 10.5. The van der Waals surface area contributed by atoms with Gasteiger partial charge in [0, 0.05) is 0 Å². The standard InChI is InChI=1S/2C10H12O2.C7H16O2/c2*1-2-3-8-4-6-9(7-5-8)10(11)12;1-3-6(8)5-7(9)4-2/h2*4-7H,2-3H2,1H3,(H,11,12);6-9H,3-5H2,1-2H3/t;;6-,7-/m..0/s1. The van der Waals surface area contributed by atoms with Gasteiger partial charge in [-0.2, -0.15) is 0 Å². The zero-order valence-corrected chi connectivity index (χ0v) is 20.3. The third-order valence-corrected chi connectivity index (χ3v) is 4.97. The van der Waals surface area contributed by atoms with Gasteiger partial charge in [-0.25, -0.2) is 9.59 Å². The van der Waals surface area contributed by atoms with E-state index >= 15 is 0 Å². The van der Waals surface area contributed by atoms with E-state index in [1.165, 1.54) is 11.1 Å². The molecule has 0 saturated carbocycles. The molecule has 2 aromatic carbocycles. The van der Waals surface area contributed by atoms with Crippen molar-refractivity contribution in [1.29, 1.82) is 0 Å². The van der Waals surface area contributed by atoms with Crippen molar-refractivity contribution in [2.45, 2.75) is 84.8 Å². The van der Waals surface area contributed by atoms with Crippen LogP contribution >= 0.6 is 0 Å². The molecule has 0 unspecified atom stereocenters. The molecule has 0 spiro atoms. The van der Waals surface area contributed by atoms with Crippen molar-refractivity contribution < 1.29 is 30.0 Å². The summed E-state index contributed by atoms with van der Waals surface area (Å²) in [5, 5.41) is 35.2. The van der Waals surface area contributed by atoms with Crippen LogP contribution in [0.15, 0.2) is 48.5 Å². The summed E-state index contributed by atoms with van der Waals surface area (Å²) >= 11 is 0. The number of carboxylic acid groups (broad SMARTS) is 2. The molecule has 0 bridgehead atoms. The lowest BCUT2D eigenvalue weighted by Gasteiger charge is -2.11. The largest absolute Gasteiger partial charge is 0.478 e. The Balaban J connectivity index is 0.000000472. The molecule has 0 amide bonds. The number of aromatic carboxylic acids is 2. The summed E-state index contributed by atoms with van der Waals surface area (Å²) in [5.74, 6) is -1.73. The molecule has 0 aliphatic heterocycles. The summed E-state index contributed by atoms with van der Waals surface area (Å²) in [6.45, 7) is 8.02. The van der Waals surface area contributed by atoms with Gasteiger partial charge in [0.1, 0.15) is 0 Å². The van der Waals surface area contributed by atoms with Crippen LogP contribution < -0.4 is 0 Å². The van der Waals surface area contributed by atoms with Gasteiger partial charge >= 0.3 is 11.9 Å². The van der Waals surface area contributed by atoms with Crippen LogP contribution in [0.25, 0.3) is 0 Å². The lowest BCUT2D eigenvalue weighted by molar-refractivity contribution is 0.0686. The van der Waals surface area contributed by atoms with Gasteiger partial charge in [0.15, 0.2) is 0 Å². The summed E-state index contributed by atoms with van der Waals surface area (Å²) in [6.07, 6.45) is 5.56. The number of carboxylic acids is 2. The highest BCUT2D eigenvalue weighted by Crippen LogP contribution is 2.07. The summed E-state index contributed by atoms with van der Waals surface area (Å²) in [6, 6.07) is 14.1. The lowest BCUT2D eigenvalue weighted by atomic mass is 10.1. The van der Waals surface area contributed by atoms with Crippen LogP contribution in [0.3, 0.4) is 0 Å². The lowest BCUT2D eigenvalue weighted by Crippen LogP contribution is -2.15. The topological polar surface area (TPSA) is 115 Å². The molecule has 2 rings (SSSR count). The molecule has 0 radical (unpaired) electrons. The average molecular weight is 461 g/mol. The summed E-state index contributed by atoms with van der Waals surface area (Å²) in [7, 11) is 0. The third-order valence-electron chi connectivity index (χ3n) is 4.97. The number of aliphatic hydroxyl groups is 2. The van der Waals surface area contributed by atoms with Gasteiger partial charge in [-0.1, -0.05) is 64.8 Å². The van der Waals surface area contributed by atoms with Crippen molar-refractivity contribution in [3.8, 4) is 0 Å². The zero-order chi connectivity index (χ0) is 25.2. The molecule has 33 heavy (non-hydrogen) atoms. The number of rotatable bonds is 10. The van der Waals surface area contributed by atoms with E-state index in [1.54, 1.807) is 24.3 Å². The van der Waals surface area contributed by atoms with Gasteiger partial charge in [0.05, 0.1) is 23.3 Å².